The Bertz CT molecular complexity index is 1400. The number of aliphatic hydroxyl groups excluding tert-OH is 1. The Labute approximate surface area is 282 Å². The number of hydrogen-bond donors (Lipinski definition) is 3. The van der Waals surface area contributed by atoms with Gasteiger partial charge >= 0.3 is 5.97 Å². The van der Waals surface area contributed by atoms with Crippen LogP contribution >= 0.6 is 0 Å². The summed E-state index contributed by atoms with van der Waals surface area (Å²) in [6, 6.07) is 6.79. The maximum Gasteiger partial charge on any atom is 0.303 e. The number of hydrogen-bond acceptors (Lipinski definition) is 9. The van der Waals surface area contributed by atoms with Gasteiger partial charge in [0, 0.05) is 37.8 Å². The van der Waals surface area contributed by atoms with E-state index in [-0.39, 0.29) is 48.4 Å². The fourth-order valence-electron chi connectivity index (χ4n) is 6.36. The number of carbonyl (C=O) groups is 4. The number of nitrogens with one attached hydrogen (secondary N) is 1. The molecule has 1 aromatic carbocycles. The van der Waals surface area contributed by atoms with Gasteiger partial charge in [-0.1, -0.05) is 42.9 Å². The summed E-state index contributed by atoms with van der Waals surface area (Å²) in [7, 11) is 0. The third-order valence-electron chi connectivity index (χ3n) is 9.31. The Kier molecular flexibility index (Phi) is 12.9. The van der Waals surface area contributed by atoms with E-state index in [1.165, 1.54) is 13.0 Å². The van der Waals surface area contributed by atoms with E-state index in [9.17, 15) is 24.3 Å². The molecular weight excluding hydrogens is 616 g/mol. The summed E-state index contributed by atoms with van der Waals surface area (Å²) >= 11 is 0. The lowest BCUT2D eigenvalue weighted by molar-refractivity contribution is -0.144. The molecule has 0 aliphatic carbocycles. The van der Waals surface area contributed by atoms with Crippen LogP contribution in [0, 0.1) is 5.92 Å². The normalized spacial score (nSPS) is 31.1. The molecule has 9 atom stereocenters. The highest BCUT2D eigenvalue weighted by Gasteiger charge is 2.58. The fraction of sp³-hybridized carbons (Fsp3) is 0.568. The first-order valence-electron chi connectivity index (χ1n) is 16.8. The molecule has 3 aliphatic heterocycles. The van der Waals surface area contributed by atoms with Gasteiger partial charge in [-0.15, -0.1) is 0 Å². The highest BCUT2D eigenvalue weighted by molar-refractivity contribution is 5.92. The number of primary amides is 1. The lowest BCUT2D eigenvalue weighted by atomic mass is 9.86. The first-order chi connectivity index (χ1) is 22.7. The molecule has 3 aliphatic rings. The molecule has 1 aromatic rings. The smallest absolute Gasteiger partial charge is 0.303 e. The van der Waals surface area contributed by atoms with E-state index in [0.29, 0.717) is 37.9 Å². The molecule has 0 saturated carbocycles. The molecule has 3 saturated heterocycles. The summed E-state index contributed by atoms with van der Waals surface area (Å²) < 4.78 is 23.2. The molecule has 0 bridgehead atoms. The van der Waals surface area contributed by atoms with Crippen molar-refractivity contribution >= 4 is 23.6 Å². The van der Waals surface area contributed by atoms with E-state index in [1.807, 2.05) is 26.0 Å². The number of esters is 1. The second-order valence-electron chi connectivity index (χ2n) is 13.5. The van der Waals surface area contributed by atoms with Crippen LogP contribution in [0.5, 0.6) is 0 Å². The number of allylic oxidation sites excluding steroid dienone is 2. The summed E-state index contributed by atoms with van der Waals surface area (Å²) in [6.07, 6.45) is 9.35. The predicted molar refractivity (Wildman–Crippen MR) is 179 cm³/mol. The van der Waals surface area contributed by atoms with Crippen LogP contribution in [0.1, 0.15) is 82.6 Å². The van der Waals surface area contributed by atoms with Crippen molar-refractivity contribution in [1.82, 2.24) is 5.32 Å². The molecule has 48 heavy (non-hydrogen) atoms. The summed E-state index contributed by atoms with van der Waals surface area (Å²) in [4.78, 5) is 47.6. The second-order valence-corrected chi connectivity index (χ2v) is 13.5. The molecule has 4 rings (SSSR count). The Morgan fingerprint density at radius 1 is 1.12 bits per heavy atom. The minimum Gasteiger partial charge on any atom is -0.459 e. The van der Waals surface area contributed by atoms with Gasteiger partial charge < -0.3 is 35.1 Å². The van der Waals surface area contributed by atoms with E-state index in [1.54, 1.807) is 37.3 Å². The fourth-order valence-corrected chi connectivity index (χ4v) is 6.36. The highest BCUT2D eigenvalue weighted by Crippen LogP contribution is 2.43. The predicted octanol–water partition coefficient (Wildman–Crippen LogP) is 3.66. The van der Waals surface area contributed by atoms with E-state index >= 15 is 0 Å². The molecule has 11 nitrogen and oxygen atoms in total. The number of aliphatic hydroxyl groups is 1. The van der Waals surface area contributed by atoms with Crippen molar-refractivity contribution < 1.29 is 43.2 Å². The lowest BCUT2D eigenvalue weighted by Crippen LogP contribution is -2.50. The SMILES string of the molecule is CC(=O)O[C@@H](C)/C=C\C(=O)N[C@@H]1C[C@H](C)[C@H](C/C=C(C)/C=C/[C@H]2O[C@H](CC(=O)CCc3ccc(C(N)=O)cc3)C[C@@]3(CO3)[C@@H]2O)O[C@@H]1C. The molecule has 0 unspecified atom stereocenters. The van der Waals surface area contributed by atoms with Crippen molar-refractivity contribution in [3.8, 4) is 0 Å². The number of rotatable bonds is 14. The standard InChI is InChI=1S/C37H50N2O9/c1-22(6-15-32-23(2)18-31(25(4)47-32)39-34(42)17-8-24(3)46-26(5)40)7-16-33-35(43)37(21-45-37)20-30(48-33)19-29(41)14-11-27-9-12-28(13-10-27)36(38)44/h6-10,12-13,16-17,23-25,30-33,35,43H,11,14-15,18-21H2,1-5H3,(H2,38,44)(H,39,42)/b16-7+,17-8-,22-6+/t23-,24-,25+,30+,31+,32-,33+,35+,37+/m0/s1. The van der Waals surface area contributed by atoms with E-state index in [4.69, 9.17) is 24.7 Å². The minimum absolute atomic E-state index is 0.0211. The monoisotopic (exact) mass is 666 g/mol. The highest BCUT2D eigenvalue weighted by atomic mass is 16.6. The van der Waals surface area contributed by atoms with Crippen LogP contribution in [0.15, 0.2) is 60.2 Å². The average molecular weight is 667 g/mol. The van der Waals surface area contributed by atoms with E-state index < -0.39 is 35.8 Å². The first-order valence-corrected chi connectivity index (χ1v) is 16.8. The van der Waals surface area contributed by atoms with Gasteiger partial charge in [-0.2, -0.15) is 0 Å². The van der Waals surface area contributed by atoms with Crippen LogP contribution in [0.4, 0.5) is 0 Å². The summed E-state index contributed by atoms with van der Waals surface area (Å²) in [5.41, 5.74) is 6.99. The molecule has 2 amide bonds. The Morgan fingerprint density at radius 2 is 1.83 bits per heavy atom. The lowest BCUT2D eigenvalue weighted by Gasteiger charge is -2.39. The third-order valence-corrected chi connectivity index (χ3v) is 9.31. The van der Waals surface area contributed by atoms with Gasteiger partial charge in [0.25, 0.3) is 0 Å². The minimum atomic E-state index is -0.828. The van der Waals surface area contributed by atoms with E-state index in [2.05, 4.69) is 18.3 Å². The number of ketones is 1. The number of benzene rings is 1. The topological polar surface area (TPSA) is 167 Å². The van der Waals surface area contributed by atoms with Crippen LogP contribution in [0.3, 0.4) is 0 Å². The van der Waals surface area contributed by atoms with Gasteiger partial charge in [-0.3, -0.25) is 19.2 Å². The quantitative estimate of drug-likeness (QED) is 0.116. The molecule has 4 N–H and O–H groups in total. The second kappa shape index (κ2) is 16.6. The number of Topliss-reactive ketones (excluding diaryl/α,β-unsaturated/α-hetero) is 1. The Hall–Kier alpha value is -3.64. The van der Waals surface area contributed by atoms with Crippen molar-refractivity contribution in [2.75, 3.05) is 6.61 Å². The zero-order chi connectivity index (χ0) is 35.0. The third kappa shape index (κ3) is 10.7. The Morgan fingerprint density at radius 3 is 2.48 bits per heavy atom. The molecule has 0 aromatic heterocycles. The molecule has 1 spiro atoms. The van der Waals surface area contributed by atoms with Crippen LogP contribution in [-0.2, 0) is 39.8 Å². The molecule has 3 heterocycles. The average Bonchev–Trinajstić information content (AvgIpc) is 3.80. The summed E-state index contributed by atoms with van der Waals surface area (Å²) in [6.45, 7) is 9.50. The van der Waals surface area contributed by atoms with Gasteiger partial charge in [0.05, 0.1) is 31.0 Å². The van der Waals surface area contributed by atoms with E-state index in [0.717, 1.165) is 17.6 Å². The van der Waals surface area contributed by atoms with Crippen molar-refractivity contribution in [3.63, 3.8) is 0 Å². The number of aryl methyl sites for hydroxylation is 1. The largest absolute Gasteiger partial charge is 0.459 e. The molecule has 262 valence electrons. The van der Waals surface area contributed by atoms with Gasteiger partial charge in [-0.05, 0) is 69.7 Å². The van der Waals surface area contributed by atoms with Crippen molar-refractivity contribution in [1.29, 1.82) is 0 Å². The van der Waals surface area contributed by atoms with Gasteiger partial charge in [0.15, 0.2) is 0 Å². The van der Waals surface area contributed by atoms with Gasteiger partial charge in [-0.25, -0.2) is 0 Å². The van der Waals surface area contributed by atoms with Crippen LogP contribution < -0.4 is 11.1 Å². The number of ether oxygens (including phenoxy) is 4. The van der Waals surface area contributed by atoms with Crippen LogP contribution in [0.25, 0.3) is 0 Å². The number of amides is 2. The summed E-state index contributed by atoms with van der Waals surface area (Å²) in [5.74, 6) is -0.883. The molecular formula is C37H50N2O9. The van der Waals surface area contributed by atoms with Crippen molar-refractivity contribution in [2.45, 2.75) is 121 Å². The number of nitrogens with two attached hydrogens (primary N) is 1. The molecule has 0 radical (unpaired) electrons. The van der Waals surface area contributed by atoms with Crippen molar-refractivity contribution in [3.05, 3.63) is 71.3 Å². The Balaban J connectivity index is 1.25. The maximum absolute atomic E-state index is 12.9. The molecule has 11 heteroatoms. The van der Waals surface area contributed by atoms with Crippen LogP contribution in [0.2, 0.25) is 0 Å². The van der Waals surface area contributed by atoms with Gasteiger partial charge in [0.1, 0.15) is 29.7 Å². The van der Waals surface area contributed by atoms with Crippen molar-refractivity contribution in [2.24, 2.45) is 11.7 Å². The zero-order valence-corrected chi connectivity index (χ0v) is 28.6. The first kappa shape index (κ1) is 37.2. The molecule has 3 fully saturated rings. The number of carbonyl (C=O) groups excluding carboxylic acids is 4. The van der Waals surface area contributed by atoms with Gasteiger partial charge in [0.2, 0.25) is 11.8 Å². The number of epoxide rings is 1. The zero-order valence-electron chi connectivity index (χ0n) is 28.6. The van der Waals surface area contributed by atoms with Crippen LogP contribution in [-0.4, -0.2) is 83.5 Å². The summed E-state index contributed by atoms with van der Waals surface area (Å²) in [5, 5.41) is 14.0. The maximum atomic E-state index is 12.9.